The van der Waals surface area contributed by atoms with E-state index in [0.717, 1.165) is 57.4 Å². The van der Waals surface area contributed by atoms with Gasteiger partial charge in [-0.25, -0.2) is 0 Å². The van der Waals surface area contributed by atoms with Gasteiger partial charge in [0.25, 0.3) is 0 Å². The number of benzene rings is 1. The molecule has 0 spiro atoms. The minimum atomic E-state index is 0. The van der Waals surface area contributed by atoms with Gasteiger partial charge in [-0.15, -0.1) is 24.0 Å². The number of hydrogen-bond donors (Lipinski definition) is 2. The Morgan fingerprint density at radius 2 is 1.87 bits per heavy atom. The second kappa shape index (κ2) is 13.1. The van der Waals surface area contributed by atoms with Crippen molar-refractivity contribution in [3.05, 3.63) is 29.8 Å². The number of halogens is 1. The SMILES string of the molecule is CCC(=O)N1CCC(NC(=NC)NCC2CCN(Cc3ccc(OC)cc3)CC2)C1.I. The third-order valence-electron chi connectivity index (χ3n) is 6.24. The molecule has 1 amide bonds. The molecule has 1 aromatic rings. The monoisotopic (exact) mass is 543 g/mol. The van der Waals surface area contributed by atoms with E-state index in [1.165, 1.54) is 18.4 Å². The highest BCUT2D eigenvalue weighted by molar-refractivity contribution is 14.0. The van der Waals surface area contributed by atoms with Crippen molar-refractivity contribution in [1.82, 2.24) is 20.4 Å². The lowest BCUT2D eigenvalue weighted by Gasteiger charge is -2.32. The number of nitrogens with one attached hydrogen (secondary N) is 2. The molecule has 2 saturated heterocycles. The lowest BCUT2D eigenvalue weighted by Crippen LogP contribution is -2.47. The highest BCUT2D eigenvalue weighted by atomic mass is 127. The van der Waals surface area contributed by atoms with Crippen molar-refractivity contribution in [3.63, 3.8) is 0 Å². The zero-order valence-electron chi connectivity index (χ0n) is 19.1. The number of nitrogens with zero attached hydrogens (tertiary/aromatic N) is 3. The van der Waals surface area contributed by atoms with Crippen molar-refractivity contribution in [2.24, 2.45) is 10.9 Å². The van der Waals surface area contributed by atoms with Crippen LogP contribution in [0.4, 0.5) is 0 Å². The van der Waals surface area contributed by atoms with Gasteiger partial charge in [-0.1, -0.05) is 19.1 Å². The number of aliphatic imine (C=N–C) groups is 1. The summed E-state index contributed by atoms with van der Waals surface area (Å²) >= 11 is 0. The number of rotatable bonds is 7. The van der Waals surface area contributed by atoms with Gasteiger partial charge >= 0.3 is 0 Å². The van der Waals surface area contributed by atoms with Crippen LogP contribution in [0, 0.1) is 5.92 Å². The van der Waals surface area contributed by atoms with Crippen LogP contribution >= 0.6 is 24.0 Å². The lowest BCUT2D eigenvalue weighted by atomic mass is 9.96. The molecule has 2 aliphatic rings. The number of carbonyl (C=O) groups excluding carboxylic acids is 1. The Morgan fingerprint density at radius 3 is 2.48 bits per heavy atom. The smallest absolute Gasteiger partial charge is 0.222 e. The molecule has 0 radical (unpaired) electrons. The largest absolute Gasteiger partial charge is 0.497 e. The van der Waals surface area contributed by atoms with E-state index in [0.29, 0.717) is 12.3 Å². The molecule has 2 N–H and O–H groups in total. The van der Waals surface area contributed by atoms with E-state index in [1.54, 1.807) is 7.11 Å². The molecule has 2 heterocycles. The van der Waals surface area contributed by atoms with E-state index < -0.39 is 0 Å². The summed E-state index contributed by atoms with van der Waals surface area (Å²) in [6.07, 6.45) is 3.96. The van der Waals surface area contributed by atoms with Crippen molar-refractivity contribution in [2.45, 2.75) is 45.2 Å². The standard InChI is InChI=1S/C23H37N5O2.HI/c1-4-22(29)28-14-11-20(17-28)26-23(24-2)25-15-18-9-12-27(13-10-18)16-19-5-7-21(30-3)8-6-19;/h5-8,18,20H,4,9-17H2,1-3H3,(H2,24,25,26);1H. The van der Waals surface area contributed by atoms with E-state index in [1.807, 2.05) is 31.0 Å². The first-order valence-corrected chi connectivity index (χ1v) is 11.2. The minimum Gasteiger partial charge on any atom is -0.497 e. The molecular weight excluding hydrogens is 505 g/mol. The molecule has 0 saturated carbocycles. The maximum absolute atomic E-state index is 11.9. The van der Waals surface area contributed by atoms with E-state index in [2.05, 4.69) is 32.7 Å². The van der Waals surface area contributed by atoms with E-state index >= 15 is 0 Å². The van der Waals surface area contributed by atoms with Gasteiger partial charge < -0.3 is 20.3 Å². The summed E-state index contributed by atoms with van der Waals surface area (Å²) in [4.78, 5) is 20.7. The van der Waals surface area contributed by atoms with Gasteiger partial charge in [0.15, 0.2) is 5.96 Å². The molecule has 3 rings (SSSR count). The molecular formula is C23H38IN5O2. The molecule has 2 fully saturated rings. The maximum atomic E-state index is 11.9. The molecule has 1 unspecified atom stereocenters. The molecule has 31 heavy (non-hydrogen) atoms. The number of amides is 1. The van der Waals surface area contributed by atoms with E-state index in [9.17, 15) is 4.79 Å². The Hall–Kier alpha value is -1.55. The molecule has 0 aliphatic carbocycles. The first-order valence-electron chi connectivity index (χ1n) is 11.2. The number of likely N-dealkylation sites (tertiary alicyclic amines) is 2. The summed E-state index contributed by atoms with van der Waals surface area (Å²) in [5, 5.41) is 6.99. The van der Waals surface area contributed by atoms with Crippen LogP contribution in [0.2, 0.25) is 0 Å². The fraction of sp³-hybridized carbons (Fsp3) is 0.652. The lowest BCUT2D eigenvalue weighted by molar-refractivity contribution is -0.129. The summed E-state index contributed by atoms with van der Waals surface area (Å²) in [7, 11) is 3.52. The van der Waals surface area contributed by atoms with Crippen LogP contribution in [0.5, 0.6) is 5.75 Å². The summed E-state index contributed by atoms with van der Waals surface area (Å²) in [6.45, 7) is 7.74. The topological polar surface area (TPSA) is 69.2 Å². The average molecular weight is 543 g/mol. The van der Waals surface area contributed by atoms with E-state index in [-0.39, 0.29) is 35.9 Å². The normalized spacial score (nSPS) is 20.3. The van der Waals surface area contributed by atoms with Gasteiger partial charge in [0.1, 0.15) is 5.75 Å². The maximum Gasteiger partial charge on any atom is 0.222 e. The van der Waals surface area contributed by atoms with E-state index in [4.69, 9.17) is 4.74 Å². The molecule has 7 nitrogen and oxygen atoms in total. The number of hydrogen-bond acceptors (Lipinski definition) is 4. The van der Waals surface area contributed by atoms with Crippen LogP contribution in [-0.4, -0.2) is 74.6 Å². The average Bonchev–Trinajstić information content (AvgIpc) is 3.26. The number of carbonyl (C=O) groups is 1. The predicted molar refractivity (Wildman–Crippen MR) is 136 cm³/mol. The zero-order chi connectivity index (χ0) is 21.3. The second-order valence-electron chi connectivity index (χ2n) is 8.34. The van der Waals surface area contributed by atoms with Gasteiger partial charge in [-0.3, -0.25) is 14.7 Å². The van der Waals surface area contributed by atoms with Crippen molar-refractivity contribution in [3.8, 4) is 5.75 Å². The van der Waals surface area contributed by atoms with Crippen molar-refractivity contribution >= 4 is 35.8 Å². The van der Waals surface area contributed by atoms with Gasteiger partial charge in [0.05, 0.1) is 7.11 Å². The second-order valence-corrected chi connectivity index (χ2v) is 8.34. The third kappa shape index (κ3) is 7.82. The fourth-order valence-corrected chi connectivity index (χ4v) is 4.30. The number of piperidine rings is 1. The molecule has 1 aromatic carbocycles. The molecule has 174 valence electrons. The first kappa shape index (κ1) is 25.7. The Balaban J connectivity index is 0.00000341. The van der Waals surface area contributed by atoms with Crippen LogP contribution in [0.25, 0.3) is 0 Å². The molecule has 1 atom stereocenters. The predicted octanol–water partition coefficient (Wildman–Crippen LogP) is 2.70. The quantitative estimate of drug-likeness (QED) is 0.315. The summed E-state index contributed by atoms with van der Waals surface area (Å²) in [6, 6.07) is 8.66. The van der Waals surface area contributed by atoms with Gasteiger partial charge in [-0.2, -0.15) is 0 Å². The molecule has 0 bridgehead atoms. The Bertz CT molecular complexity index is 704. The molecule has 8 heteroatoms. The first-order chi connectivity index (χ1) is 14.6. The summed E-state index contributed by atoms with van der Waals surface area (Å²) in [5.74, 6) is 2.67. The van der Waals surface area contributed by atoms with Gasteiger partial charge in [-0.05, 0) is 56.0 Å². The third-order valence-corrected chi connectivity index (χ3v) is 6.24. The zero-order valence-corrected chi connectivity index (χ0v) is 21.4. The van der Waals surface area contributed by atoms with Gasteiger partial charge in [0, 0.05) is 45.7 Å². The Morgan fingerprint density at radius 1 is 1.16 bits per heavy atom. The molecule has 2 aliphatic heterocycles. The number of guanidine groups is 1. The molecule has 0 aromatic heterocycles. The van der Waals surface area contributed by atoms with Crippen LogP contribution in [0.15, 0.2) is 29.3 Å². The minimum absolute atomic E-state index is 0. The summed E-state index contributed by atoms with van der Waals surface area (Å²) < 4.78 is 5.24. The van der Waals surface area contributed by atoms with Crippen molar-refractivity contribution in [2.75, 3.05) is 46.9 Å². The highest BCUT2D eigenvalue weighted by Gasteiger charge is 2.26. The number of ether oxygens (including phenoxy) is 1. The van der Waals surface area contributed by atoms with Crippen LogP contribution in [0.1, 0.15) is 38.2 Å². The highest BCUT2D eigenvalue weighted by Crippen LogP contribution is 2.20. The van der Waals surface area contributed by atoms with Gasteiger partial charge in [0.2, 0.25) is 5.91 Å². The van der Waals surface area contributed by atoms with Crippen LogP contribution in [-0.2, 0) is 11.3 Å². The summed E-state index contributed by atoms with van der Waals surface area (Å²) in [5.41, 5.74) is 1.34. The van der Waals surface area contributed by atoms with Crippen molar-refractivity contribution < 1.29 is 9.53 Å². The fourth-order valence-electron chi connectivity index (χ4n) is 4.30. The van der Waals surface area contributed by atoms with Crippen LogP contribution < -0.4 is 15.4 Å². The number of methoxy groups -OCH3 is 1. The Kier molecular flexibility index (Phi) is 10.9. The Labute approximate surface area is 204 Å². The van der Waals surface area contributed by atoms with Crippen LogP contribution in [0.3, 0.4) is 0 Å². The van der Waals surface area contributed by atoms with Crippen molar-refractivity contribution in [1.29, 1.82) is 0 Å².